The van der Waals surface area contributed by atoms with E-state index >= 15 is 0 Å². The summed E-state index contributed by atoms with van der Waals surface area (Å²) >= 11 is 0. The minimum absolute atomic E-state index is 0.219. The number of rotatable bonds is 2. The molecule has 0 aliphatic rings. The fourth-order valence-electron chi connectivity index (χ4n) is 1.39. The van der Waals surface area contributed by atoms with Gasteiger partial charge in [-0.25, -0.2) is 9.07 Å². The Hall–Kier alpha value is -2.23. The molecule has 1 heterocycles. The summed E-state index contributed by atoms with van der Waals surface area (Å²) in [7, 11) is 0. The average Bonchev–Trinajstić information content (AvgIpc) is 2.30. The van der Waals surface area contributed by atoms with E-state index in [4.69, 9.17) is 0 Å². The summed E-state index contributed by atoms with van der Waals surface area (Å²) in [6.07, 6.45) is 3.15. The van der Waals surface area contributed by atoms with Crippen LogP contribution in [0.5, 0.6) is 0 Å². The van der Waals surface area contributed by atoms with Crippen LogP contribution in [0.4, 0.5) is 4.39 Å². The molecule has 0 aliphatic heterocycles. The van der Waals surface area contributed by atoms with Gasteiger partial charge in [-0.1, -0.05) is 12.1 Å². The molecule has 86 valence electrons. The number of aryl methyl sites for hydroxylation is 1. The molecule has 0 unspecified atom stereocenters. The Morgan fingerprint density at radius 1 is 1.29 bits per heavy atom. The Balaban J connectivity index is 2.32. The highest BCUT2D eigenvalue weighted by Gasteiger charge is 1.94. The lowest BCUT2D eigenvalue weighted by Gasteiger charge is -1.98. The minimum atomic E-state index is -0.309. The second-order valence-corrected chi connectivity index (χ2v) is 3.63. The van der Waals surface area contributed by atoms with Gasteiger partial charge in [-0.15, -0.1) is 0 Å². The largest absolute Gasteiger partial charge is 0.270 e. The van der Waals surface area contributed by atoms with E-state index < -0.39 is 0 Å². The van der Waals surface area contributed by atoms with Crippen LogP contribution in [0.15, 0.2) is 41.2 Å². The molecule has 0 atom stereocenters. The van der Waals surface area contributed by atoms with E-state index in [2.05, 4.69) is 5.10 Å². The number of hydrogen-bond acceptors (Lipinski definition) is 2. The summed E-state index contributed by atoms with van der Waals surface area (Å²) in [5.41, 5.74) is 1.21. The Kier molecular flexibility index (Phi) is 3.14. The Morgan fingerprint density at radius 3 is 2.88 bits per heavy atom. The quantitative estimate of drug-likeness (QED) is 0.793. The van der Waals surface area contributed by atoms with Crippen LogP contribution in [-0.4, -0.2) is 9.78 Å². The van der Waals surface area contributed by atoms with Gasteiger partial charge in [0.25, 0.3) is 5.56 Å². The van der Waals surface area contributed by atoms with Gasteiger partial charge in [0.1, 0.15) is 5.82 Å². The van der Waals surface area contributed by atoms with Crippen molar-refractivity contribution in [2.75, 3.05) is 0 Å². The van der Waals surface area contributed by atoms with Crippen LogP contribution in [0.2, 0.25) is 0 Å². The van der Waals surface area contributed by atoms with Gasteiger partial charge < -0.3 is 0 Å². The molecule has 2 rings (SSSR count). The van der Waals surface area contributed by atoms with Crippen molar-refractivity contribution in [1.82, 2.24) is 9.78 Å². The van der Waals surface area contributed by atoms with Crippen LogP contribution in [0.1, 0.15) is 11.3 Å². The average molecular weight is 230 g/mol. The first-order valence-electron chi connectivity index (χ1n) is 5.15. The maximum Gasteiger partial charge on any atom is 0.270 e. The van der Waals surface area contributed by atoms with E-state index in [9.17, 15) is 9.18 Å². The summed E-state index contributed by atoms with van der Waals surface area (Å²) in [5, 5.41) is 4.03. The van der Waals surface area contributed by atoms with Crippen LogP contribution < -0.4 is 5.56 Å². The topological polar surface area (TPSA) is 34.9 Å². The molecular weight excluding hydrogens is 219 g/mol. The van der Waals surface area contributed by atoms with Gasteiger partial charge in [0.15, 0.2) is 0 Å². The van der Waals surface area contributed by atoms with Crippen molar-refractivity contribution >= 4 is 12.3 Å². The van der Waals surface area contributed by atoms with Gasteiger partial charge in [-0.3, -0.25) is 4.79 Å². The first-order chi connectivity index (χ1) is 8.15. The molecule has 0 bridgehead atoms. The predicted octanol–water partition coefficient (Wildman–Crippen LogP) is 2.32. The molecule has 0 aliphatic carbocycles. The Labute approximate surface area is 97.8 Å². The first-order valence-corrected chi connectivity index (χ1v) is 5.15. The van der Waals surface area contributed by atoms with Crippen LogP contribution in [0, 0.1) is 12.7 Å². The van der Waals surface area contributed by atoms with Crippen LogP contribution in [0.25, 0.3) is 12.3 Å². The zero-order chi connectivity index (χ0) is 12.3. The summed E-state index contributed by atoms with van der Waals surface area (Å²) in [4.78, 5) is 11.4. The molecule has 0 saturated carbocycles. The predicted molar refractivity (Wildman–Crippen MR) is 64.9 cm³/mol. The standard InChI is InChI=1S/C13H11FN2O/c1-10-5-6-13(17)16(15-10)8-7-11-3-2-4-12(14)9-11/h2-9H,1H3/b8-7+. The fourth-order valence-corrected chi connectivity index (χ4v) is 1.39. The van der Waals surface area contributed by atoms with Crippen molar-refractivity contribution in [3.8, 4) is 0 Å². The van der Waals surface area contributed by atoms with E-state index in [1.54, 1.807) is 31.2 Å². The van der Waals surface area contributed by atoms with Crippen molar-refractivity contribution in [3.63, 3.8) is 0 Å². The number of halogens is 1. The third kappa shape index (κ3) is 2.87. The normalized spacial score (nSPS) is 10.9. The molecule has 2 aromatic rings. The van der Waals surface area contributed by atoms with Gasteiger partial charge in [0.05, 0.1) is 5.69 Å². The summed E-state index contributed by atoms with van der Waals surface area (Å²) in [6.45, 7) is 1.80. The van der Waals surface area contributed by atoms with Crippen molar-refractivity contribution < 1.29 is 4.39 Å². The SMILES string of the molecule is Cc1ccc(=O)n(/C=C/c2cccc(F)c2)n1. The zero-order valence-electron chi connectivity index (χ0n) is 9.30. The van der Waals surface area contributed by atoms with Crippen LogP contribution in [-0.2, 0) is 0 Å². The molecular formula is C13H11FN2O. The van der Waals surface area contributed by atoms with Crippen molar-refractivity contribution in [3.05, 3.63) is 63.8 Å². The molecule has 1 aromatic heterocycles. The molecule has 3 nitrogen and oxygen atoms in total. The highest BCUT2D eigenvalue weighted by atomic mass is 19.1. The summed E-state index contributed by atoms with van der Waals surface area (Å²) < 4.78 is 14.1. The molecule has 17 heavy (non-hydrogen) atoms. The van der Waals surface area contributed by atoms with Gasteiger partial charge in [-0.2, -0.15) is 5.10 Å². The van der Waals surface area contributed by atoms with E-state index in [1.165, 1.54) is 29.1 Å². The number of hydrogen-bond donors (Lipinski definition) is 0. The van der Waals surface area contributed by atoms with E-state index in [0.717, 1.165) is 5.69 Å². The monoisotopic (exact) mass is 230 g/mol. The Morgan fingerprint density at radius 2 is 2.12 bits per heavy atom. The van der Waals surface area contributed by atoms with Crippen LogP contribution in [0.3, 0.4) is 0 Å². The van der Waals surface area contributed by atoms with Gasteiger partial charge in [0.2, 0.25) is 0 Å². The maximum absolute atomic E-state index is 12.9. The second-order valence-electron chi connectivity index (χ2n) is 3.63. The number of benzene rings is 1. The third-order valence-corrected chi connectivity index (χ3v) is 2.22. The molecule has 0 saturated heterocycles. The van der Waals surface area contributed by atoms with Crippen LogP contribution >= 0.6 is 0 Å². The van der Waals surface area contributed by atoms with E-state index in [-0.39, 0.29) is 11.4 Å². The lowest BCUT2D eigenvalue weighted by atomic mass is 10.2. The maximum atomic E-state index is 12.9. The number of nitrogens with zero attached hydrogens (tertiary/aromatic N) is 2. The molecule has 0 fully saturated rings. The lowest BCUT2D eigenvalue weighted by Crippen LogP contribution is -2.17. The minimum Gasteiger partial charge on any atom is -0.267 e. The first kappa shape index (κ1) is 11.3. The van der Waals surface area contributed by atoms with Crippen molar-refractivity contribution in [2.45, 2.75) is 6.92 Å². The van der Waals surface area contributed by atoms with Gasteiger partial charge >= 0.3 is 0 Å². The highest BCUT2D eigenvalue weighted by molar-refractivity contribution is 5.59. The Bertz CT molecular complexity index is 617. The molecule has 0 N–H and O–H groups in total. The summed E-state index contributed by atoms with van der Waals surface area (Å²) in [5.74, 6) is -0.309. The van der Waals surface area contributed by atoms with Gasteiger partial charge in [0, 0.05) is 12.3 Å². The second kappa shape index (κ2) is 4.74. The lowest BCUT2D eigenvalue weighted by molar-refractivity contribution is 0.627. The molecule has 0 amide bonds. The highest BCUT2D eigenvalue weighted by Crippen LogP contribution is 2.05. The molecule has 1 aromatic carbocycles. The van der Waals surface area contributed by atoms with Gasteiger partial charge in [-0.05, 0) is 36.8 Å². The van der Waals surface area contributed by atoms with E-state index in [0.29, 0.717) is 5.56 Å². The molecule has 0 spiro atoms. The third-order valence-electron chi connectivity index (χ3n) is 2.22. The smallest absolute Gasteiger partial charge is 0.267 e. The number of aromatic nitrogens is 2. The fraction of sp³-hybridized carbons (Fsp3) is 0.0769. The van der Waals surface area contributed by atoms with Crippen molar-refractivity contribution in [1.29, 1.82) is 0 Å². The zero-order valence-corrected chi connectivity index (χ0v) is 9.30. The molecule has 4 heteroatoms. The molecule has 0 radical (unpaired) electrons. The van der Waals surface area contributed by atoms with E-state index in [1.807, 2.05) is 0 Å². The summed E-state index contributed by atoms with van der Waals surface area (Å²) in [6, 6.07) is 9.21. The van der Waals surface area contributed by atoms with Crippen molar-refractivity contribution in [2.24, 2.45) is 0 Å².